The van der Waals surface area contributed by atoms with Crippen molar-refractivity contribution in [2.24, 2.45) is 7.05 Å². The molecule has 0 unspecified atom stereocenters. The first kappa shape index (κ1) is 13.2. The van der Waals surface area contributed by atoms with Crippen LogP contribution in [-0.4, -0.2) is 46.8 Å². The Morgan fingerprint density at radius 3 is 2.76 bits per heavy atom. The highest BCUT2D eigenvalue weighted by molar-refractivity contribution is 5.93. The number of hydrogen-bond acceptors (Lipinski definition) is 4. The Bertz CT molecular complexity index is 400. The molecule has 6 nitrogen and oxygen atoms in total. The van der Waals surface area contributed by atoms with E-state index in [1.807, 2.05) is 0 Å². The minimum Gasteiger partial charge on any atom is -0.466 e. The number of hydrogen-bond donors (Lipinski definition) is 0. The highest BCUT2D eigenvalue weighted by Crippen LogP contribution is 2.02. The number of carbonyl (C=O) groups excluding carboxylic acids is 2. The lowest BCUT2D eigenvalue weighted by Crippen LogP contribution is -2.29. The van der Waals surface area contributed by atoms with Crippen LogP contribution in [0.1, 0.15) is 23.7 Å². The van der Waals surface area contributed by atoms with Gasteiger partial charge >= 0.3 is 5.97 Å². The van der Waals surface area contributed by atoms with Crippen LogP contribution in [-0.2, 0) is 16.6 Å². The summed E-state index contributed by atoms with van der Waals surface area (Å²) in [6, 6.07) is 0. The SMILES string of the molecule is CCOC(=O)CCN(C)C(=O)c1cnn(C)c1. The Balaban J connectivity index is 2.45. The molecule has 1 heterocycles. The molecule has 0 saturated heterocycles. The lowest BCUT2D eigenvalue weighted by molar-refractivity contribution is -0.143. The van der Waals surface area contributed by atoms with E-state index in [1.54, 1.807) is 31.9 Å². The summed E-state index contributed by atoms with van der Waals surface area (Å²) in [5, 5.41) is 3.92. The second-order valence-electron chi connectivity index (χ2n) is 3.68. The van der Waals surface area contributed by atoms with Gasteiger partial charge in [-0.2, -0.15) is 5.10 Å². The lowest BCUT2D eigenvalue weighted by atomic mass is 10.3. The Morgan fingerprint density at radius 2 is 2.24 bits per heavy atom. The third-order valence-corrected chi connectivity index (χ3v) is 2.26. The summed E-state index contributed by atoms with van der Waals surface area (Å²) in [7, 11) is 3.39. The fourth-order valence-electron chi connectivity index (χ4n) is 1.35. The van der Waals surface area contributed by atoms with Crippen LogP contribution in [0.2, 0.25) is 0 Å². The molecule has 1 rings (SSSR count). The minimum atomic E-state index is -0.293. The summed E-state index contributed by atoms with van der Waals surface area (Å²) in [5.74, 6) is -0.444. The number of carbonyl (C=O) groups is 2. The first-order chi connectivity index (χ1) is 8.04. The normalized spacial score (nSPS) is 10.1. The molecule has 0 aromatic carbocycles. The molecule has 0 aliphatic rings. The number of aryl methyl sites for hydroxylation is 1. The quantitative estimate of drug-likeness (QED) is 0.700. The molecular formula is C11H17N3O3. The molecule has 0 N–H and O–H groups in total. The summed E-state index contributed by atoms with van der Waals surface area (Å²) in [6.45, 7) is 2.45. The number of aromatic nitrogens is 2. The maximum absolute atomic E-state index is 11.8. The highest BCUT2D eigenvalue weighted by atomic mass is 16.5. The van der Waals surface area contributed by atoms with E-state index < -0.39 is 0 Å². The molecule has 6 heteroatoms. The summed E-state index contributed by atoms with van der Waals surface area (Å²) >= 11 is 0. The molecule has 0 aliphatic carbocycles. The molecule has 1 amide bonds. The number of esters is 1. The van der Waals surface area contributed by atoms with Crippen molar-refractivity contribution in [3.05, 3.63) is 18.0 Å². The van der Waals surface area contributed by atoms with Crippen molar-refractivity contribution < 1.29 is 14.3 Å². The Hall–Kier alpha value is -1.85. The van der Waals surface area contributed by atoms with E-state index in [2.05, 4.69) is 5.10 Å². The van der Waals surface area contributed by atoms with E-state index in [-0.39, 0.29) is 18.3 Å². The fraction of sp³-hybridized carbons (Fsp3) is 0.545. The molecule has 0 atom stereocenters. The van der Waals surface area contributed by atoms with Crippen molar-refractivity contribution in [3.8, 4) is 0 Å². The predicted octanol–water partition coefficient (Wildman–Crippen LogP) is 0.445. The highest BCUT2D eigenvalue weighted by Gasteiger charge is 2.14. The van der Waals surface area contributed by atoms with Gasteiger partial charge in [0.1, 0.15) is 0 Å². The van der Waals surface area contributed by atoms with Gasteiger partial charge in [0.05, 0.1) is 24.8 Å². The third-order valence-electron chi connectivity index (χ3n) is 2.26. The van der Waals surface area contributed by atoms with Crippen LogP contribution >= 0.6 is 0 Å². The minimum absolute atomic E-state index is 0.151. The van der Waals surface area contributed by atoms with Crippen LogP contribution in [0.25, 0.3) is 0 Å². The average molecular weight is 239 g/mol. The van der Waals surface area contributed by atoms with Crippen LogP contribution in [0.3, 0.4) is 0 Å². The third kappa shape index (κ3) is 3.90. The van der Waals surface area contributed by atoms with Crippen molar-refractivity contribution in [2.45, 2.75) is 13.3 Å². The first-order valence-corrected chi connectivity index (χ1v) is 5.44. The molecule has 0 saturated carbocycles. The van der Waals surface area contributed by atoms with Crippen LogP contribution in [0.4, 0.5) is 0 Å². The van der Waals surface area contributed by atoms with Gasteiger partial charge in [0.15, 0.2) is 0 Å². The monoisotopic (exact) mass is 239 g/mol. The van der Waals surface area contributed by atoms with E-state index in [4.69, 9.17) is 4.74 Å². The van der Waals surface area contributed by atoms with E-state index in [0.29, 0.717) is 18.7 Å². The zero-order valence-electron chi connectivity index (χ0n) is 10.3. The largest absolute Gasteiger partial charge is 0.466 e. The van der Waals surface area contributed by atoms with Crippen LogP contribution in [0.15, 0.2) is 12.4 Å². The van der Waals surface area contributed by atoms with Gasteiger partial charge in [-0.25, -0.2) is 0 Å². The lowest BCUT2D eigenvalue weighted by Gasteiger charge is -2.15. The second-order valence-corrected chi connectivity index (χ2v) is 3.68. The van der Waals surface area contributed by atoms with E-state index in [0.717, 1.165) is 0 Å². The standard InChI is InChI=1S/C11H17N3O3/c1-4-17-10(15)5-6-13(2)11(16)9-7-12-14(3)8-9/h7-8H,4-6H2,1-3H3. The Morgan fingerprint density at radius 1 is 1.53 bits per heavy atom. The Labute approximate surface area is 100 Å². The second kappa shape index (κ2) is 6.03. The summed E-state index contributed by atoms with van der Waals surface area (Å²) in [4.78, 5) is 24.5. The zero-order valence-corrected chi connectivity index (χ0v) is 10.3. The van der Waals surface area contributed by atoms with Gasteiger partial charge in [-0.05, 0) is 6.92 Å². The molecule has 0 aliphatic heterocycles. The van der Waals surface area contributed by atoms with E-state index >= 15 is 0 Å². The van der Waals surface area contributed by atoms with Gasteiger partial charge in [-0.3, -0.25) is 14.3 Å². The molecule has 0 radical (unpaired) electrons. The van der Waals surface area contributed by atoms with Gasteiger partial charge in [-0.1, -0.05) is 0 Å². The van der Waals surface area contributed by atoms with Crippen molar-refractivity contribution in [1.82, 2.24) is 14.7 Å². The molecule has 1 aromatic rings. The van der Waals surface area contributed by atoms with Gasteiger partial charge in [0, 0.05) is 26.8 Å². The summed E-state index contributed by atoms with van der Waals surface area (Å²) in [5.41, 5.74) is 0.513. The smallest absolute Gasteiger partial charge is 0.307 e. The number of amides is 1. The average Bonchev–Trinajstić information content (AvgIpc) is 2.72. The number of ether oxygens (including phenoxy) is 1. The first-order valence-electron chi connectivity index (χ1n) is 5.44. The van der Waals surface area contributed by atoms with Crippen molar-refractivity contribution in [2.75, 3.05) is 20.2 Å². The number of nitrogens with zero attached hydrogens (tertiary/aromatic N) is 3. The molecule has 0 spiro atoms. The Kier molecular flexibility index (Phi) is 4.68. The predicted molar refractivity (Wildman–Crippen MR) is 61.4 cm³/mol. The van der Waals surface area contributed by atoms with Crippen LogP contribution in [0.5, 0.6) is 0 Å². The molecule has 0 bridgehead atoms. The van der Waals surface area contributed by atoms with Crippen molar-refractivity contribution in [3.63, 3.8) is 0 Å². The molecule has 0 fully saturated rings. The van der Waals surface area contributed by atoms with Gasteiger partial charge in [0.2, 0.25) is 0 Å². The van der Waals surface area contributed by atoms with Crippen LogP contribution < -0.4 is 0 Å². The maximum atomic E-state index is 11.8. The van der Waals surface area contributed by atoms with Gasteiger partial charge in [-0.15, -0.1) is 0 Å². The summed E-state index contributed by atoms with van der Waals surface area (Å²) in [6.07, 6.45) is 3.35. The maximum Gasteiger partial charge on any atom is 0.307 e. The molecule has 1 aromatic heterocycles. The topological polar surface area (TPSA) is 64.4 Å². The molecule has 94 valence electrons. The van der Waals surface area contributed by atoms with E-state index in [9.17, 15) is 9.59 Å². The van der Waals surface area contributed by atoms with E-state index in [1.165, 1.54) is 11.1 Å². The molecular weight excluding hydrogens is 222 g/mol. The molecule has 17 heavy (non-hydrogen) atoms. The number of rotatable bonds is 5. The fourth-order valence-corrected chi connectivity index (χ4v) is 1.35. The van der Waals surface area contributed by atoms with Gasteiger partial charge < -0.3 is 9.64 Å². The van der Waals surface area contributed by atoms with Crippen LogP contribution in [0, 0.1) is 0 Å². The zero-order chi connectivity index (χ0) is 12.8. The van der Waals surface area contributed by atoms with Gasteiger partial charge in [0.25, 0.3) is 5.91 Å². The summed E-state index contributed by atoms with van der Waals surface area (Å²) < 4.78 is 6.35. The van der Waals surface area contributed by atoms with Crippen molar-refractivity contribution >= 4 is 11.9 Å². The van der Waals surface area contributed by atoms with Crippen molar-refractivity contribution in [1.29, 1.82) is 0 Å².